The second-order valence-electron chi connectivity index (χ2n) is 8.20. The van der Waals surface area contributed by atoms with Crippen molar-refractivity contribution in [2.45, 2.75) is 72.0 Å². The standard InChI is InChI=1S/C6H19NSi2.C6H18OSi2/c1-7(8(2)3)9(4,5)6;1-8(2,3)7-9(4,5)6/h8H,1-6H3;1-6H3. The summed E-state index contributed by atoms with van der Waals surface area (Å²) in [6, 6.07) is 0. The van der Waals surface area contributed by atoms with Gasteiger partial charge >= 0.3 is 0 Å². The molecule has 18 heavy (non-hydrogen) atoms. The predicted molar refractivity (Wildman–Crippen MR) is 97.8 cm³/mol. The normalized spacial score (nSPS) is 13.7. The number of nitrogens with zero attached hydrogens (tertiary/aromatic N) is 1. The van der Waals surface area contributed by atoms with Gasteiger partial charge in [0, 0.05) is 0 Å². The maximum absolute atomic E-state index is 5.90. The molecule has 2 nitrogen and oxygen atoms in total. The Balaban J connectivity index is 0. The average molecular weight is 324 g/mol. The van der Waals surface area contributed by atoms with Crippen molar-refractivity contribution in [3.8, 4) is 0 Å². The third-order valence-corrected chi connectivity index (χ3v) is 14.9. The molecule has 0 amide bonds. The van der Waals surface area contributed by atoms with E-state index in [1.807, 2.05) is 0 Å². The second-order valence-corrected chi connectivity index (χ2v) is 26.0. The van der Waals surface area contributed by atoms with E-state index in [2.05, 4.69) is 83.3 Å². The molecule has 0 aromatic rings. The topological polar surface area (TPSA) is 12.5 Å². The predicted octanol–water partition coefficient (Wildman–Crippen LogP) is 4.41. The Bertz CT molecular complexity index is 214. The highest BCUT2D eigenvalue weighted by atomic mass is 28.4. The van der Waals surface area contributed by atoms with Gasteiger partial charge in [-0.1, -0.05) is 32.7 Å². The summed E-state index contributed by atoms with van der Waals surface area (Å²) in [6.45, 7) is 25.4. The van der Waals surface area contributed by atoms with Crippen LogP contribution in [-0.4, -0.2) is 45.1 Å². The number of hydrogen-bond acceptors (Lipinski definition) is 2. The molecule has 0 aliphatic rings. The summed E-state index contributed by atoms with van der Waals surface area (Å²) >= 11 is 0. The van der Waals surface area contributed by atoms with Crippen molar-refractivity contribution in [1.29, 1.82) is 0 Å². The summed E-state index contributed by atoms with van der Waals surface area (Å²) in [5, 5.41) is 0. The Kier molecular flexibility index (Phi) is 8.83. The molecule has 0 heterocycles. The van der Waals surface area contributed by atoms with Crippen molar-refractivity contribution in [3.05, 3.63) is 0 Å². The zero-order chi connectivity index (χ0) is 15.4. The van der Waals surface area contributed by atoms with Gasteiger partial charge in [0.2, 0.25) is 0 Å². The molecule has 0 rings (SSSR count). The van der Waals surface area contributed by atoms with Crippen molar-refractivity contribution < 1.29 is 4.12 Å². The molecule has 0 fully saturated rings. The van der Waals surface area contributed by atoms with Crippen LogP contribution in [0.3, 0.4) is 0 Å². The van der Waals surface area contributed by atoms with E-state index < -0.39 is 33.8 Å². The van der Waals surface area contributed by atoms with Crippen LogP contribution >= 0.6 is 0 Å². The largest absolute Gasteiger partial charge is 0.456 e. The minimum atomic E-state index is -1.23. The van der Waals surface area contributed by atoms with Gasteiger partial charge in [-0.2, -0.15) is 0 Å². The average Bonchev–Trinajstić information content (AvgIpc) is 1.94. The molecule has 0 unspecified atom stereocenters. The van der Waals surface area contributed by atoms with Crippen LogP contribution in [0, 0.1) is 0 Å². The lowest BCUT2D eigenvalue weighted by atomic mass is 11.6. The van der Waals surface area contributed by atoms with E-state index in [0.717, 1.165) is 0 Å². The molecular weight excluding hydrogens is 286 g/mol. The highest BCUT2D eigenvalue weighted by Crippen LogP contribution is 2.12. The minimum Gasteiger partial charge on any atom is -0.456 e. The van der Waals surface area contributed by atoms with Gasteiger partial charge in [0.1, 0.15) is 8.24 Å². The van der Waals surface area contributed by atoms with Crippen LogP contribution in [0.1, 0.15) is 0 Å². The molecule has 0 atom stereocenters. The van der Waals surface area contributed by atoms with Crippen LogP contribution < -0.4 is 0 Å². The number of hydrogen-bond donors (Lipinski definition) is 0. The zero-order valence-corrected chi connectivity index (χ0v) is 19.1. The second kappa shape index (κ2) is 7.54. The van der Waals surface area contributed by atoms with Gasteiger partial charge in [-0.15, -0.1) is 0 Å². The number of rotatable bonds is 4. The van der Waals surface area contributed by atoms with Crippen molar-refractivity contribution in [2.24, 2.45) is 0 Å². The maximum atomic E-state index is 5.90. The fourth-order valence-electron chi connectivity index (χ4n) is 1.69. The van der Waals surface area contributed by atoms with Crippen molar-refractivity contribution in [2.75, 3.05) is 7.05 Å². The van der Waals surface area contributed by atoms with Gasteiger partial charge in [-0.05, 0) is 46.3 Å². The van der Waals surface area contributed by atoms with Gasteiger partial charge in [0.05, 0.1) is 8.96 Å². The van der Waals surface area contributed by atoms with Gasteiger partial charge in [-0.3, -0.25) is 0 Å². The van der Waals surface area contributed by atoms with Crippen LogP contribution in [-0.2, 0) is 4.12 Å². The third kappa shape index (κ3) is 14.8. The SMILES string of the molecule is CN([SiH](C)C)[Si](C)(C)C.C[Si](C)(C)O[Si](C)(C)C. The summed E-state index contributed by atoms with van der Waals surface area (Å²) in [7, 11) is -1.60. The molecule has 0 spiro atoms. The van der Waals surface area contributed by atoms with Crippen LogP contribution in [0.15, 0.2) is 0 Å². The zero-order valence-electron chi connectivity index (χ0n) is 14.9. The first-order valence-electron chi connectivity index (χ1n) is 6.99. The van der Waals surface area contributed by atoms with E-state index in [1.165, 1.54) is 0 Å². The van der Waals surface area contributed by atoms with Crippen LogP contribution in [0.2, 0.25) is 72.0 Å². The monoisotopic (exact) mass is 323 g/mol. The van der Waals surface area contributed by atoms with E-state index in [0.29, 0.717) is 0 Å². The Morgan fingerprint density at radius 2 is 1.00 bits per heavy atom. The highest BCUT2D eigenvalue weighted by molar-refractivity contribution is 6.83. The van der Waals surface area contributed by atoms with E-state index >= 15 is 0 Å². The summed E-state index contributed by atoms with van der Waals surface area (Å²) in [5.41, 5.74) is 0. The van der Waals surface area contributed by atoms with Crippen molar-refractivity contribution >= 4 is 33.8 Å². The summed E-state index contributed by atoms with van der Waals surface area (Å²) < 4.78 is 8.53. The van der Waals surface area contributed by atoms with Crippen molar-refractivity contribution in [3.63, 3.8) is 0 Å². The molecule has 0 aliphatic heterocycles. The maximum Gasteiger partial charge on any atom is 0.170 e. The molecule has 112 valence electrons. The van der Waals surface area contributed by atoms with Gasteiger partial charge in [-0.25, -0.2) is 0 Å². The third-order valence-electron chi connectivity index (χ3n) is 2.45. The van der Waals surface area contributed by atoms with Crippen LogP contribution in [0.25, 0.3) is 0 Å². The Morgan fingerprint density at radius 3 is 1.00 bits per heavy atom. The summed E-state index contributed by atoms with van der Waals surface area (Å²) in [6.07, 6.45) is 0. The molecular formula is C12H37NOSi4. The quantitative estimate of drug-likeness (QED) is 0.711. The van der Waals surface area contributed by atoms with E-state index in [9.17, 15) is 0 Å². The highest BCUT2D eigenvalue weighted by Gasteiger charge is 2.24. The molecule has 0 radical (unpaired) electrons. The fraction of sp³-hybridized carbons (Fsp3) is 1.00. The van der Waals surface area contributed by atoms with Gasteiger partial charge in [0.25, 0.3) is 0 Å². The van der Waals surface area contributed by atoms with Crippen LogP contribution in [0.4, 0.5) is 0 Å². The van der Waals surface area contributed by atoms with E-state index in [-0.39, 0.29) is 0 Å². The molecule has 0 aromatic carbocycles. The van der Waals surface area contributed by atoms with E-state index in [1.54, 1.807) is 0 Å². The first-order valence-corrected chi connectivity index (χ1v) is 20.1. The first-order chi connectivity index (χ1) is 7.56. The Labute approximate surface area is 121 Å². The van der Waals surface area contributed by atoms with Gasteiger partial charge in [0.15, 0.2) is 16.6 Å². The lowest BCUT2D eigenvalue weighted by Gasteiger charge is -2.33. The summed E-state index contributed by atoms with van der Waals surface area (Å²) in [5.74, 6) is 0. The molecule has 0 aliphatic carbocycles. The minimum absolute atomic E-state index is 0.495. The summed E-state index contributed by atoms with van der Waals surface area (Å²) in [4.78, 5) is 0. The molecule has 0 aromatic heterocycles. The Hall–Kier alpha value is 0.788. The Morgan fingerprint density at radius 1 is 0.722 bits per heavy atom. The lowest BCUT2D eigenvalue weighted by molar-refractivity contribution is 0.559. The van der Waals surface area contributed by atoms with Crippen molar-refractivity contribution in [1.82, 2.24) is 4.23 Å². The lowest BCUT2D eigenvalue weighted by Crippen LogP contribution is -2.49. The molecule has 0 saturated carbocycles. The smallest absolute Gasteiger partial charge is 0.170 e. The molecule has 0 N–H and O–H groups in total. The van der Waals surface area contributed by atoms with Gasteiger partial charge < -0.3 is 8.35 Å². The molecule has 0 bridgehead atoms. The van der Waals surface area contributed by atoms with Crippen LogP contribution in [0.5, 0.6) is 0 Å². The molecule has 0 saturated heterocycles. The first kappa shape index (κ1) is 21.1. The molecule has 6 heteroatoms. The van der Waals surface area contributed by atoms with E-state index in [4.69, 9.17) is 4.12 Å². The fourth-order valence-corrected chi connectivity index (χ4v) is 15.2.